The lowest BCUT2D eigenvalue weighted by atomic mass is 9.97. The molecule has 1 saturated heterocycles. The van der Waals surface area contributed by atoms with Crippen molar-refractivity contribution in [2.45, 2.75) is 119 Å². The third kappa shape index (κ3) is 18.4. The summed E-state index contributed by atoms with van der Waals surface area (Å²) < 4.78 is 53.8. The van der Waals surface area contributed by atoms with Crippen molar-refractivity contribution in [2.24, 2.45) is 0 Å². The number of thioether (sulfide) groups is 1. The van der Waals surface area contributed by atoms with Gasteiger partial charge in [-0.15, -0.1) is 0 Å². The summed E-state index contributed by atoms with van der Waals surface area (Å²) in [5, 5.41) is 24.9. The molecule has 0 radical (unpaired) electrons. The second-order valence-electron chi connectivity index (χ2n) is 17.5. The molecule has 0 amide bonds. The highest BCUT2D eigenvalue weighted by atomic mass is 32.2. The van der Waals surface area contributed by atoms with Gasteiger partial charge in [-0.25, -0.2) is 0 Å². The van der Waals surface area contributed by atoms with Crippen LogP contribution in [0.5, 0.6) is 0 Å². The van der Waals surface area contributed by atoms with Crippen LogP contribution >= 0.6 is 11.8 Å². The summed E-state index contributed by atoms with van der Waals surface area (Å²) in [6, 6.07) is 69.3. The molecule has 7 aromatic rings. The van der Waals surface area contributed by atoms with Gasteiger partial charge in [-0.1, -0.05) is 226 Å². The zero-order valence-electron chi connectivity index (χ0n) is 41.8. The largest absolute Gasteiger partial charge is 0.388 e. The van der Waals surface area contributed by atoms with E-state index in [1.54, 1.807) is 11.8 Å². The minimum absolute atomic E-state index is 0.0109. The number of ether oxygens (including phenoxy) is 8. The standard InChI is InChI=1S/C60H64O10S.C2H6/c61-52(43-63-37-45-22-8-1-9-23-45)57(53(65-39-47-26-12-3-13-27-47)36-55(71-51-34-20-7-21-35-51)66-40-48-28-14-4-15-29-48)70-60-59(68-42-50-32-18-6-19-33-50)58(67-41-49-30-16-5-17-31-49)56(62)54(69-60)44-64-38-46-24-10-2-11-25-46;1-2/h1-35,52-62H,36-44H2;1-2H3. The molecule has 1 fully saturated rings. The predicted octanol–water partition coefficient (Wildman–Crippen LogP) is 11.8. The first-order chi connectivity index (χ1) is 36.0. The van der Waals surface area contributed by atoms with Crippen LogP contribution in [0.15, 0.2) is 217 Å². The summed E-state index contributed by atoms with van der Waals surface area (Å²) in [4.78, 5) is 1.01. The molecule has 8 rings (SSSR count). The summed E-state index contributed by atoms with van der Waals surface area (Å²) in [7, 11) is 0. The number of aliphatic hydroxyl groups is 2. The van der Waals surface area contributed by atoms with Crippen molar-refractivity contribution in [3.63, 3.8) is 0 Å². The van der Waals surface area contributed by atoms with E-state index in [0.29, 0.717) is 13.2 Å². The quantitative estimate of drug-likeness (QED) is 0.0361. The molecule has 1 heterocycles. The van der Waals surface area contributed by atoms with Gasteiger partial charge in [0, 0.05) is 11.3 Å². The molecular weight excluding hydrogens is 937 g/mol. The van der Waals surface area contributed by atoms with Crippen LogP contribution in [0.3, 0.4) is 0 Å². The highest BCUT2D eigenvalue weighted by molar-refractivity contribution is 7.99. The fourth-order valence-electron chi connectivity index (χ4n) is 8.28. The Morgan fingerprint density at radius 1 is 0.479 bits per heavy atom. The van der Waals surface area contributed by atoms with Crippen LogP contribution in [-0.2, 0) is 77.5 Å². The Bertz CT molecular complexity index is 2480. The lowest BCUT2D eigenvalue weighted by Gasteiger charge is -2.46. The monoisotopic (exact) mass is 1010 g/mol. The maximum atomic E-state index is 12.6. The lowest BCUT2D eigenvalue weighted by molar-refractivity contribution is -0.342. The molecule has 0 bridgehead atoms. The Kier molecular flexibility index (Phi) is 23.7. The van der Waals surface area contributed by atoms with Gasteiger partial charge in [0.05, 0.1) is 59.0 Å². The van der Waals surface area contributed by atoms with Gasteiger partial charge in [0.15, 0.2) is 6.29 Å². The second-order valence-corrected chi connectivity index (χ2v) is 18.7. The predicted molar refractivity (Wildman–Crippen MR) is 286 cm³/mol. The summed E-state index contributed by atoms with van der Waals surface area (Å²) in [5.41, 5.74) is 5.24. The van der Waals surface area contributed by atoms with E-state index in [0.717, 1.165) is 38.3 Å². The van der Waals surface area contributed by atoms with Gasteiger partial charge in [-0.05, 0) is 45.5 Å². The van der Waals surface area contributed by atoms with Crippen molar-refractivity contribution in [1.82, 2.24) is 0 Å². The number of hydrogen-bond acceptors (Lipinski definition) is 11. The molecule has 0 spiro atoms. The van der Waals surface area contributed by atoms with E-state index in [9.17, 15) is 10.2 Å². The van der Waals surface area contributed by atoms with Gasteiger partial charge in [-0.2, -0.15) is 0 Å². The van der Waals surface area contributed by atoms with E-state index in [2.05, 4.69) is 12.1 Å². The van der Waals surface area contributed by atoms with Crippen LogP contribution in [-0.4, -0.2) is 77.9 Å². The molecule has 1 aliphatic rings. The molecule has 10 nitrogen and oxygen atoms in total. The first kappa shape index (κ1) is 55.2. The third-order valence-electron chi connectivity index (χ3n) is 12.0. The molecule has 9 unspecified atom stereocenters. The Hall–Kier alpha value is -5.51. The van der Waals surface area contributed by atoms with Gasteiger partial charge in [0.1, 0.15) is 42.1 Å². The van der Waals surface area contributed by atoms with Crippen LogP contribution < -0.4 is 0 Å². The number of rotatable bonds is 28. The molecule has 9 atom stereocenters. The first-order valence-electron chi connectivity index (χ1n) is 25.3. The van der Waals surface area contributed by atoms with E-state index in [1.165, 1.54) is 0 Å². The third-order valence-corrected chi connectivity index (χ3v) is 13.2. The van der Waals surface area contributed by atoms with Crippen molar-refractivity contribution in [3.8, 4) is 0 Å². The van der Waals surface area contributed by atoms with Crippen molar-refractivity contribution >= 4 is 11.8 Å². The van der Waals surface area contributed by atoms with Crippen LogP contribution in [0.25, 0.3) is 0 Å². The van der Waals surface area contributed by atoms with Gasteiger partial charge < -0.3 is 48.1 Å². The van der Waals surface area contributed by atoms with Gasteiger partial charge in [-0.3, -0.25) is 0 Å². The zero-order chi connectivity index (χ0) is 50.7. The SMILES string of the molecule is CC.OC(COCc1ccccc1)C(OC1OC(COCc2ccccc2)C(O)C(OCc2ccccc2)C1OCc1ccccc1)C(CC(OCc1ccccc1)Sc1ccccc1)OCc1ccccc1. The van der Waals surface area contributed by atoms with Gasteiger partial charge >= 0.3 is 0 Å². The fraction of sp³-hybridized carbons (Fsp3) is 0.323. The van der Waals surface area contributed by atoms with Crippen LogP contribution in [0.2, 0.25) is 0 Å². The van der Waals surface area contributed by atoms with Crippen LogP contribution in [0, 0.1) is 0 Å². The van der Waals surface area contributed by atoms with Crippen molar-refractivity contribution in [2.75, 3.05) is 13.2 Å². The molecule has 384 valence electrons. The molecule has 11 heteroatoms. The van der Waals surface area contributed by atoms with Crippen LogP contribution in [0.4, 0.5) is 0 Å². The molecule has 7 aromatic carbocycles. The number of aliphatic hydroxyl groups excluding tert-OH is 2. The minimum Gasteiger partial charge on any atom is -0.388 e. The minimum atomic E-state index is -1.25. The molecule has 0 aromatic heterocycles. The maximum Gasteiger partial charge on any atom is 0.187 e. The highest BCUT2D eigenvalue weighted by Crippen LogP contribution is 2.35. The normalized spacial score (nSPS) is 19.2. The van der Waals surface area contributed by atoms with E-state index >= 15 is 0 Å². The summed E-state index contributed by atoms with van der Waals surface area (Å²) in [6.45, 7) is 5.35. The Morgan fingerprint density at radius 2 is 0.877 bits per heavy atom. The van der Waals surface area contributed by atoms with E-state index < -0.39 is 54.5 Å². The smallest absolute Gasteiger partial charge is 0.187 e. The van der Waals surface area contributed by atoms with Crippen molar-refractivity contribution < 1.29 is 48.1 Å². The molecule has 73 heavy (non-hydrogen) atoms. The van der Waals surface area contributed by atoms with E-state index in [4.69, 9.17) is 37.9 Å². The first-order valence-corrected chi connectivity index (χ1v) is 26.2. The Morgan fingerprint density at radius 3 is 1.36 bits per heavy atom. The Balaban J connectivity index is 0.00000385. The fourth-order valence-corrected chi connectivity index (χ4v) is 9.32. The van der Waals surface area contributed by atoms with Gasteiger partial charge in [0.25, 0.3) is 0 Å². The lowest BCUT2D eigenvalue weighted by Crippen LogP contribution is -2.62. The maximum absolute atomic E-state index is 12.6. The molecular formula is C62H70O10S. The average Bonchev–Trinajstić information content (AvgIpc) is 3.45. The van der Waals surface area contributed by atoms with Crippen molar-refractivity contribution in [1.29, 1.82) is 0 Å². The summed E-state index contributed by atoms with van der Waals surface area (Å²) in [5.74, 6) is 0. The van der Waals surface area contributed by atoms with Gasteiger partial charge in [0.2, 0.25) is 0 Å². The number of hydrogen-bond donors (Lipinski definition) is 2. The van der Waals surface area contributed by atoms with E-state index in [-0.39, 0.29) is 46.1 Å². The van der Waals surface area contributed by atoms with Crippen LogP contribution in [0.1, 0.15) is 53.6 Å². The molecule has 2 N–H and O–H groups in total. The zero-order valence-corrected chi connectivity index (χ0v) is 42.7. The summed E-state index contributed by atoms with van der Waals surface area (Å²) >= 11 is 1.57. The average molecular weight is 1010 g/mol. The second kappa shape index (κ2) is 31.3. The van der Waals surface area contributed by atoms with Crippen molar-refractivity contribution in [3.05, 3.63) is 246 Å². The van der Waals surface area contributed by atoms with E-state index in [1.807, 2.05) is 214 Å². The Labute approximate surface area is 436 Å². The molecule has 0 aliphatic carbocycles. The highest BCUT2D eigenvalue weighted by Gasteiger charge is 2.50. The topological polar surface area (TPSA) is 114 Å². The molecule has 0 saturated carbocycles. The number of benzene rings is 7. The molecule has 1 aliphatic heterocycles. The summed E-state index contributed by atoms with van der Waals surface area (Å²) in [6.07, 6.45) is -8.19.